The summed E-state index contributed by atoms with van der Waals surface area (Å²) >= 11 is 1.75. The normalized spacial score (nSPS) is 15.9. The number of hydrogen-bond donors (Lipinski definition) is 0. The van der Waals surface area contributed by atoms with Gasteiger partial charge in [-0.25, -0.2) is 9.97 Å². The van der Waals surface area contributed by atoms with Crippen molar-refractivity contribution in [2.45, 2.75) is 6.54 Å². The summed E-state index contributed by atoms with van der Waals surface area (Å²) in [6.45, 7) is 3.19. The number of pyridine rings is 1. The third kappa shape index (κ3) is 1.98. The molecule has 0 radical (unpaired) electrons. The minimum atomic E-state index is 0.694. The molecule has 0 atom stereocenters. The quantitative estimate of drug-likeness (QED) is 0.731. The largest absolute Gasteiger partial charge is 0.347 e. The maximum atomic E-state index is 4.63. The Morgan fingerprint density at radius 1 is 1.26 bits per heavy atom. The third-order valence-electron chi connectivity index (χ3n) is 3.43. The van der Waals surface area contributed by atoms with E-state index in [9.17, 15) is 0 Å². The van der Waals surface area contributed by atoms with Crippen LogP contribution in [0.5, 0.6) is 0 Å². The molecule has 0 saturated carbocycles. The Morgan fingerprint density at radius 2 is 2.21 bits per heavy atom. The summed E-state index contributed by atoms with van der Waals surface area (Å²) in [7, 11) is 0. The minimum absolute atomic E-state index is 0.694. The van der Waals surface area contributed by atoms with E-state index < -0.39 is 0 Å². The first-order valence-electron chi connectivity index (χ1n) is 6.30. The summed E-state index contributed by atoms with van der Waals surface area (Å²) in [6, 6.07) is 2.03. The van der Waals surface area contributed by atoms with Crippen LogP contribution in [0.25, 0.3) is 10.2 Å². The van der Waals surface area contributed by atoms with Gasteiger partial charge < -0.3 is 9.47 Å². The highest BCUT2D eigenvalue weighted by Gasteiger charge is 2.29. The van der Waals surface area contributed by atoms with Crippen LogP contribution in [0.3, 0.4) is 0 Å². The fourth-order valence-electron chi connectivity index (χ4n) is 2.44. The van der Waals surface area contributed by atoms with Gasteiger partial charge in [-0.1, -0.05) is 11.3 Å². The fraction of sp³-hybridized carbons (Fsp3) is 0.308. The van der Waals surface area contributed by atoms with Crippen LogP contribution in [-0.4, -0.2) is 32.6 Å². The van der Waals surface area contributed by atoms with Crippen molar-refractivity contribution in [2.75, 3.05) is 18.0 Å². The number of aromatic nitrogens is 4. The number of rotatable bonds is 3. The SMILES string of the molecule is c1cc2sc(N3CC(Cn4ccnc4)C3)nc2cn1. The monoisotopic (exact) mass is 271 g/mol. The van der Waals surface area contributed by atoms with Crippen molar-refractivity contribution in [3.63, 3.8) is 0 Å². The van der Waals surface area contributed by atoms with E-state index in [4.69, 9.17) is 0 Å². The van der Waals surface area contributed by atoms with Gasteiger partial charge in [-0.15, -0.1) is 0 Å². The van der Waals surface area contributed by atoms with Gasteiger partial charge in [-0.3, -0.25) is 4.98 Å². The second-order valence-electron chi connectivity index (χ2n) is 4.87. The second-order valence-corrected chi connectivity index (χ2v) is 5.88. The van der Waals surface area contributed by atoms with E-state index in [0.717, 1.165) is 30.3 Å². The number of thiazole rings is 1. The van der Waals surface area contributed by atoms with E-state index in [2.05, 4.69) is 24.4 Å². The summed E-state index contributed by atoms with van der Waals surface area (Å²) in [4.78, 5) is 15.1. The first-order chi connectivity index (χ1) is 9.38. The van der Waals surface area contributed by atoms with Crippen molar-refractivity contribution in [1.82, 2.24) is 19.5 Å². The van der Waals surface area contributed by atoms with Crippen molar-refractivity contribution in [3.05, 3.63) is 37.2 Å². The van der Waals surface area contributed by atoms with E-state index >= 15 is 0 Å². The van der Waals surface area contributed by atoms with Crippen LogP contribution in [0.4, 0.5) is 5.13 Å². The van der Waals surface area contributed by atoms with Crippen LogP contribution in [0, 0.1) is 5.92 Å². The standard InChI is InChI=1S/C13H13N5S/c1-2-14-5-11-12(1)19-13(16-11)18-7-10(8-18)6-17-4-3-15-9-17/h1-5,9-10H,6-8H2. The van der Waals surface area contributed by atoms with Crippen LogP contribution in [0.2, 0.25) is 0 Å². The molecule has 1 aliphatic heterocycles. The summed E-state index contributed by atoms with van der Waals surface area (Å²) < 4.78 is 3.35. The highest BCUT2D eigenvalue weighted by Crippen LogP contribution is 2.32. The molecular weight excluding hydrogens is 258 g/mol. The number of hydrogen-bond acceptors (Lipinski definition) is 5. The van der Waals surface area contributed by atoms with Gasteiger partial charge in [0.2, 0.25) is 0 Å². The van der Waals surface area contributed by atoms with Crippen LogP contribution in [-0.2, 0) is 6.54 Å². The molecule has 0 N–H and O–H groups in total. The predicted octanol–water partition coefficient (Wildman–Crippen LogP) is 2.02. The van der Waals surface area contributed by atoms with Gasteiger partial charge in [0, 0.05) is 44.1 Å². The van der Waals surface area contributed by atoms with Gasteiger partial charge in [0.25, 0.3) is 0 Å². The van der Waals surface area contributed by atoms with E-state index in [1.165, 1.54) is 4.70 Å². The van der Waals surface area contributed by atoms with Crippen molar-refractivity contribution in [3.8, 4) is 0 Å². The Labute approximate surface area is 114 Å². The lowest BCUT2D eigenvalue weighted by molar-refractivity contribution is 0.357. The topological polar surface area (TPSA) is 46.8 Å². The Bertz CT molecular complexity index is 651. The van der Waals surface area contributed by atoms with Crippen LogP contribution in [0.15, 0.2) is 37.2 Å². The molecule has 1 fully saturated rings. The maximum absolute atomic E-state index is 4.63. The van der Waals surface area contributed by atoms with Crippen molar-refractivity contribution in [2.24, 2.45) is 5.92 Å². The average molecular weight is 271 g/mol. The fourth-order valence-corrected chi connectivity index (χ4v) is 3.39. The lowest BCUT2D eigenvalue weighted by atomic mass is 10.0. The maximum Gasteiger partial charge on any atom is 0.186 e. The lowest BCUT2D eigenvalue weighted by Gasteiger charge is -2.39. The molecule has 0 unspecified atom stereocenters. The zero-order valence-corrected chi connectivity index (χ0v) is 11.1. The molecule has 1 aliphatic rings. The number of imidazole rings is 1. The lowest BCUT2D eigenvalue weighted by Crippen LogP contribution is -2.48. The van der Waals surface area contributed by atoms with Gasteiger partial charge in [-0.2, -0.15) is 0 Å². The first kappa shape index (κ1) is 10.9. The highest BCUT2D eigenvalue weighted by atomic mass is 32.1. The van der Waals surface area contributed by atoms with E-state index in [0.29, 0.717) is 5.92 Å². The summed E-state index contributed by atoms with van der Waals surface area (Å²) in [6.07, 6.45) is 9.38. The van der Waals surface area contributed by atoms with E-state index in [-0.39, 0.29) is 0 Å². The summed E-state index contributed by atoms with van der Waals surface area (Å²) in [5, 5.41) is 1.12. The smallest absolute Gasteiger partial charge is 0.186 e. The molecule has 0 amide bonds. The molecule has 0 spiro atoms. The van der Waals surface area contributed by atoms with Crippen LogP contribution >= 0.6 is 11.3 Å². The molecule has 0 aromatic carbocycles. The van der Waals surface area contributed by atoms with Crippen LogP contribution < -0.4 is 4.90 Å². The van der Waals surface area contributed by atoms with Gasteiger partial charge >= 0.3 is 0 Å². The second kappa shape index (κ2) is 4.31. The third-order valence-corrected chi connectivity index (χ3v) is 4.53. The molecule has 5 nitrogen and oxygen atoms in total. The molecule has 96 valence electrons. The highest BCUT2D eigenvalue weighted by molar-refractivity contribution is 7.22. The molecule has 4 heterocycles. The molecule has 4 rings (SSSR count). The van der Waals surface area contributed by atoms with E-state index in [1.54, 1.807) is 11.3 Å². The van der Waals surface area contributed by atoms with Gasteiger partial charge in [0.15, 0.2) is 5.13 Å². The molecule has 0 bridgehead atoms. The molecule has 1 saturated heterocycles. The molecule has 19 heavy (non-hydrogen) atoms. The summed E-state index contributed by atoms with van der Waals surface area (Å²) in [5.41, 5.74) is 1.00. The number of nitrogens with zero attached hydrogens (tertiary/aromatic N) is 5. The van der Waals surface area contributed by atoms with Crippen molar-refractivity contribution >= 4 is 26.7 Å². The van der Waals surface area contributed by atoms with Gasteiger partial charge in [-0.05, 0) is 6.07 Å². The Balaban J connectivity index is 1.45. The molecular formula is C13H13N5S. The summed E-state index contributed by atoms with van der Waals surface area (Å²) in [5.74, 6) is 0.694. The number of anilines is 1. The zero-order valence-electron chi connectivity index (χ0n) is 10.3. The Hall–Kier alpha value is -1.95. The molecule has 0 aliphatic carbocycles. The van der Waals surface area contributed by atoms with Crippen molar-refractivity contribution < 1.29 is 0 Å². The average Bonchev–Trinajstić information content (AvgIpc) is 3.01. The molecule has 3 aromatic heterocycles. The van der Waals surface area contributed by atoms with Crippen molar-refractivity contribution in [1.29, 1.82) is 0 Å². The molecule has 6 heteroatoms. The minimum Gasteiger partial charge on any atom is -0.347 e. The van der Waals surface area contributed by atoms with Crippen LogP contribution in [0.1, 0.15) is 0 Å². The predicted molar refractivity (Wildman–Crippen MR) is 75.3 cm³/mol. The first-order valence-corrected chi connectivity index (χ1v) is 7.11. The zero-order chi connectivity index (χ0) is 12.7. The molecule has 3 aromatic rings. The Morgan fingerprint density at radius 3 is 3.00 bits per heavy atom. The van der Waals surface area contributed by atoms with Gasteiger partial charge in [0.05, 0.1) is 17.2 Å². The Kier molecular flexibility index (Phi) is 2.48. The van der Waals surface area contributed by atoms with Gasteiger partial charge in [0.1, 0.15) is 5.52 Å². The number of fused-ring (bicyclic) bond motifs is 1. The van der Waals surface area contributed by atoms with E-state index in [1.807, 2.05) is 37.2 Å².